The Morgan fingerprint density at radius 3 is 2.87 bits per heavy atom. The number of para-hydroxylation sites is 1. The van der Waals surface area contributed by atoms with Crippen LogP contribution >= 0.6 is 0 Å². The lowest BCUT2D eigenvalue weighted by Crippen LogP contribution is -2.13. The van der Waals surface area contributed by atoms with E-state index in [-0.39, 0.29) is 11.5 Å². The lowest BCUT2D eigenvalue weighted by Gasteiger charge is -2.05. The molecule has 1 aliphatic rings. The summed E-state index contributed by atoms with van der Waals surface area (Å²) in [5.74, 6) is 0.709. The van der Waals surface area contributed by atoms with Crippen molar-refractivity contribution in [3.05, 3.63) is 40.8 Å². The number of hydrogen-bond donors (Lipinski definition) is 1. The minimum absolute atomic E-state index is 0.0718. The molecule has 0 spiro atoms. The number of nitrogens with zero attached hydrogens (tertiary/aromatic N) is 2. The summed E-state index contributed by atoms with van der Waals surface area (Å²) in [5, 5.41) is 20.1. The number of fused-ring (bicyclic) bond motifs is 1. The zero-order chi connectivity index (χ0) is 10.8. The molecule has 0 aliphatic carbocycles. The van der Waals surface area contributed by atoms with Crippen molar-refractivity contribution < 1.29 is 4.79 Å². The first-order chi connectivity index (χ1) is 7.27. The highest BCUT2D eigenvalue weighted by Crippen LogP contribution is 2.35. The van der Waals surface area contributed by atoms with Crippen LogP contribution in [-0.2, 0) is 4.79 Å². The van der Waals surface area contributed by atoms with Gasteiger partial charge >= 0.3 is 0 Å². The van der Waals surface area contributed by atoms with Crippen LogP contribution in [0, 0.1) is 11.3 Å². The summed E-state index contributed by atoms with van der Waals surface area (Å²) in [5.41, 5.74) is 1.30. The molecule has 1 aromatic rings. The monoisotopic (exact) mass is 196 g/mol. The van der Waals surface area contributed by atoms with Crippen LogP contribution in [0.25, 0.3) is 5.41 Å². The first kappa shape index (κ1) is 9.20. The summed E-state index contributed by atoms with van der Waals surface area (Å²) in [6.07, 6.45) is 0. The second-order valence-electron chi connectivity index (χ2n) is 3.15. The summed E-state index contributed by atoms with van der Waals surface area (Å²) in [4.78, 5) is 11.6. The van der Waals surface area contributed by atoms with Gasteiger partial charge in [0.1, 0.15) is 12.0 Å². The van der Waals surface area contributed by atoms with Crippen LogP contribution in [-0.4, -0.2) is 11.8 Å². The van der Waals surface area contributed by atoms with E-state index in [4.69, 9.17) is 10.7 Å². The van der Waals surface area contributed by atoms with Crippen LogP contribution in [0.2, 0.25) is 0 Å². The lowest BCUT2D eigenvalue weighted by molar-refractivity contribution is -0.116. The Kier molecular flexibility index (Phi) is 2.09. The van der Waals surface area contributed by atoms with Gasteiger partial charge in [0.15, 0.2) is 0 Å². The molecule has 0 fully saturated rings. The topological polar surface area (TPSA) is 75.2 Å². The maximum Gasteiger partial charge on any atom is 0.237 e. The standard InChI is InChI=1S/C11H6N3O/c12-5-7(6-13)10-8-3-1-2-4-9(8)14-11(10)15/h1-4,10H,(H,14,15)/q-1. The Bertz CT molecular complexity index is 521. The number of anilines is 1. The van der Waals surface area contributed by atoms with Gasteiger partial charge in [0, 0.05) is 5.69 Å². The molecule has 0 aromatic heterocycles. The van der Waals surface area contributed by atoms with Crippen LogP contribution in [0.5, 0.6) is 0 Å². The number of carbonyl (C=O) groups excluding carboxylic acids is 1. The van der Waals surface area contributed by atoms with Gasteiger partial charge < -0.3 is 10.7 Å². The van der Waals surface area contributed by atoms with Gasteiger partial charge in [-0.1, -0.05) is 18.2 Å². The van der Waals surface area contributed by atoms with Gasteiger partial charge in [-0.3, -0.25) is 10.7 Å². The van der Waals surface area contributed by atoms with Crippen LogP contribution < -0.4 is 5.32 Å². The van der Waals surface area contributed by atoms with Crippen LogP contribution in [0.15, 0.2) is 29.8 Å². The van der Waals surface area contributed by atoms with E-state index in [1.54, 1.807) is 36.2 Å². The maximum atomic E-state index is 11.6. The predicted octanol–water partition coefficient (Wildman–Crippen LogP) is 1.41. The Morgan fingerprint density at radius 2 is 2.20 bits per heavy atom. The molecule has 15 heavy (non-hydrogen) atoms. The van der Waals surface area contributed by atoms with Crippen LogP contribution in [0.4, 0.5) is 5.69 Å². The van der Waals surface area contributed by atoms with E-state index >= 15 is 0 Å². The van der Waals surface area contributed by atoms with Gasteiger partial charge in [0.2, 0.25) is 5.91 Å². The van der Waals surface area contributed by atoms with Crippen molar-refractivity contribution in [2.75, 3.05) is 5.32 Å². The number of nitrogens with one attached hydrogen (secondary N) is 1. The third kappa shape index (κ3) is 1.32. The van der Waals surface area contributed by atoms with E-state index in [1.165, 1.54) is 0 Å². The number of nitriles is 1. The maximum absolute atomic E-state index is 11.6. The molecule has 2 rings (SSSR count). The van der Waals surface area contributed by atoms with E-state index in [0.717, 1.165) is 0 Å². The Morgan fingerprint density at radius 1 is 1.47 bits per heavy atom. The molecule has 0 bridgehead atoms. The highest BCUT2D eigenvalue weighted by atomic mass is 16.2. The van der Waals surface area contributed by atoms with Gasteiger partial charge in [-0.2, -0.15) is 5.26 Å². The molecule has 4 nitrogen and oxygen atoms in total. The average molecular weight is 196 g/mol. The van der Waals surface area contributed by atoms with Gasteiger partial charge in [-0.25, -0.2) is 0 Å². The molecular weight excluding hydrogens is 190 g/mol. The normalized spacial score (nSPS) is 17.3. The molecule has 1 atom stereocenters. The second-order valence-corrected chi connectivity index (χ2v) is 3.15. The lowest BCUT2D eigenvalue weighted by atomic mass is 9.94. The number of amides is 1. The fourth-order valence-corrected chi connectivity index (χ4v) is 1.65. The van der Waals surface area contributed by atoms with E-state index < -0.39 is 5.92 Å². The largest absolute Gasteiger partial charge is 0.762 e. The quantitative estimate of drug-likeness (QED) is 0.544. The molecular formula is C11H6N3O-. The van der Waals surface area contributed by atoms with Crippen molar-refractivity contribution in [1.29, 1.82) is 5.26 Å². The van der Waals surface area contributed by atoms with Crippen molar-refractivity contribution in [3.63, 3.8) is 0 Å². The van der Waals surface area contributed by atoms with Gasteiger partial charge in [-0.05, 0) is 11.6 Å². The molecule has 1 aliphatic heterocycles. The highest BCUT2D eigenvalue weighted by Gasteiger charge is 2.32. The first-order valence-corrected chi connectivity index (χ1v) is 4.34. The SMILES string of the molecule is N#CC(=C=[N-])C1C(=O)Nc2ccccc21. The predicted molar refractivity (Wildman–Crippen MR) is 55.3 cm³/mol. The molecule has 72 valence electrons. The van der Waals surface area contributed by atoms with E-state index in [9.17, 15) is 4.79 Å². The molecule has 0 radical (unpaired) electrons. The minimum Gasteiger partial charge on any atom is -0.762 e. The summed E-state index contributed by atoms with van der Waals surface area (Å²) in [6, 6.07) is 8.82. The van der Waals surface area contributed by atoms with Crippen molar-refractivity contribution in [2.24, 2.45) is 0 Å². The van der Waals surface area contributed by atoms with E-state index in [0.29, 0.717) is 11.3 Å². The minimum atomic E-state index is -0.740. The Hall–Kier alpha value is -2.37. The van der Waals surface area contributed by atoms with Crippen molar-refractivity contribution in [1.82, 2.24) is 0 Å². The fraction of sp³-hybridized carbons (Fsp3) is 0.0909. The van der Waals surface area contributed by atoms with Crippen LogP contribution in [0.1, 0.15) is 11.5 Å². The molecule has 0 saturated carbocycles. The van der Waals surface area contributed by atoms with Gasteiger partial charge in [0.25, 0.3) is 0 Å². The van der Waals surface area contributed by atoms with E-state index in [1.807, 2.05) is 0 Å². The summed E-state index contributed by atoms with van der Waals surface area (Å²) in [7, 11) is 0. The molecule has 1 amide bonds. The first-order valence-electron chi connectivity index (χ1n) is 4.34. The Balaban J connectivity index is 2.57. The molecule has 4 heteroatoms. The summed E-state index contributed by atoms with van der Waals surface area (Å²) in [6.45, 7) is 0. The highest BCUT2D eigenvalue weighted by molar-refractivity contribution is 6.07. The number of benzene rings is 1. The molecule has 1 N–H and O–H groups in total. The molecule has 0 saturated heterocycles. The fourth-order valence-electron chi connectivity index (χ4n) is 1.65. The van der Waals surface area contributed by atoms with Crippen LogP contribution in [0.3, 0.4) is 0 Å². The van der Waals surface area contributed by atoms with Gasteiger partial charge in [-0.15, -0.1) is 0 Å². The molecule has 1 unspecified atom stereocenters. The molecule has 1 aromatic carbocycles. The zero-order valence-corrected chi connectivity index (χ0v) is 7.69. The van der Waals surface area contributed by atoms with Crippen molar-refractivity contribution in [3.8, 4) is 6.07 Å². The number of hydrogen-bond acceptors (Lipinski definition) is 2. The van der Waals surface area contributed by atoms with Crippen molar-refractivity contribution >= 4 is 17.5 Å². The second kappa shape index (κ2) is 3.41. The Labute approximate surface area is 86.3 Å². The average Bonchev–Trinajstić information content (AvgIpc) is 2.58. The van der Waals surface area contributed by atoms with Crippen molar-refractivity contribution in [2.45, 2.75) is 5.92 Å². The third-order valence-electron chi connectivity index (χ3n) is 2.32. The summed E-state index contributed by atoms with van der Waals surface area (Å²) >= 11 is 0. The zero-order valence-electron chi connectivity index (χ0n) is 7.69. The number of carbonyl (C=O) groups is 1. The smallest absolute Gasteiger partial charge is 0.237 e. The number of rotatable bonds is 1. The van der Waals surface area contributed by atoms with E-state index in [2.05, 4.69) is 5.32 Å². The summed E-state index contributed by atoms with van der Waals surface area (Å²) < 4.78 is 0. The molecule has 1 heterocycles. The third-order valence-corrected chi connectivity index (χ3v) is 2.32. The van der Waals surface area contributed by atoms with Gasteiger partial charge in [0.05, 0.1) is 5.57 Å².